The number of hydrogen-bond acceptors (Lipinski definition) is 5. The van der Waals surface area contributed by atoms with Crippen LogP contribution in [0.4, 0.5) is 0 Å². The van der Waals surface area contributed by atoms with E-state index in [1.807, 2.05) is 6.07 Å². The Kier molecular flexibility index (Phi) is 3.39. The zero-order chi connectivity index (χ0) is 9.84. The molecule has 1 aromatic rings. The molecule has 0 radical (unpaired) electrons. The lowest BCUT2D eigenvalue weighted by molar-refractivity contribution is -0.0150. The van der Waals surface area contributed by atoms with Gasteiger partial charge in [-0.25, -0.2) is 0 Å². The Bertz CT molecular complexity index is 317. The van der Waals surface area contributed by atoms with Gasteiger partial charge in [-0.3, -0.25) is 0 Å². The molecular formula is C8H9NO3S. The van der Waals surface area contributed by atoms with Crippen molar-refractivity contribution in [1.82, 2.24) is 0 Å². The summed E-state index contributed by atoms with van der Waals surface area (Å²) in [6, 6.07) is 3.42. The van der Waals surface area contributed by atoms with Crippen molar-refractivity contribution in [1.29, 1.82) is 5.26 Å². The molecule has 0 aliphatic heterocycles. The van der Waals surface area contributed by atoms with Gasteiger partial charge in [0.2, 0.25) is 0 Å². The predicted molar refractivity (Wildman–Crippen MR) is 47.1 cm³/mol. The molecule has 0 aromatic carbocycles. The highest BCUT2D eigenvalue weighted by molar-refractivity contribution is 7.10. The maximum atomic E-state index is 9.39. The van der Waals surface area contributed by atoms with E-state index in [0.717, 1.165) is 0 Å². The van der Waals surface area contributed by atoms with Gasteiger partial charge in [0.1, 0.15) is 23.2 Å². The second-order valence-corrected chi connectivity index (χ2v) is 3.46. The van der Waals surface area contributed by atoms with Gasteiger partial charge in [-0.05, 0) is 17.0 Å². The smallest absolute Gasteiger partial charge is 0.110 e. The van der Waals surface area contributed by atoms with E-state index in [9.17, 15) is 5.11 Å². The third-order valence-electron chi connectivity index (χ3n) is 1.62. The highest BCUT2D eigenvalue weighted by Gasteiger charge is 2.18. The molecule has 0 saturated carbocycles. The largest absolute Gasteiger partial charge is 0.394 e. The lowest BCUT2D eigenvalue weighted by atomic mass is 10.1. The molecule has 1 rings (SSSR count). The molecular weight excluding hydrogens is 190 g/mol. The minimum absolute atomic E-state index is 0.461. The third-order valence-corrected chi connectivity index (χ3v) is 2.48. The Morgan fingerprint density at radius 3 is 2.69 bits per heavy atom. The van der Waals surface area contributed by atoms with Crippen LogP contribution in [0.5, 0.6) is 0 Å². The highest BCUT2D eigenvalue weighted by Crippen LogP contribution is 2.22. The van der Waals surface area contributed by atoms with E-state index < -0.39 is 18.8 Å². The van der Waals surface area contributed by atoms with Crippen LogP contribution in [0, 0.1) is 11.3 Å². The van der Waals surface area contributed by atoms with Crippen molar-refractivity contribution in [2.75, 3.05) is 6.61 Å². The van der Waals surface area contributed by atoms with Crippen molar-refractivity contribution in [2.45, 2.75) is 12.2 Å². The molecule has 1 aromatic heterocycles. The molecule has 1 heterocycles. The molecule has 0 amide bonds. The topological polar surface area (TPSA) is 84.5 Å². The number of thiophene rings is 1. The fourth-order valence-corrected chi connectivity index (χ4v) is 1.61. The maximum absolute atomic E-state index is 9.39. The molecule has 0 bridgehead atoms. The van der Waals surface area contributed by atoms with Crippen LogP contribution >= 0.6 is 11.3 Å². The monoisotopic (exact) mass is 199 g/mol. The van der Waals surface area contributed by atoms with E-state index in [4.69, 9.17) is 15.5 Å². The molecule has 13 heavy (non-hydrogen) atoms. The molecule has 0 saturated heterocycles. The van der Waals surface area contributed by atoms with Gasteiger partial charge in [0.05, 0.1) is 6.61 Å². The lowest BCUT2D eigenvalue weighted by Gasteiger charge is -2.13. The quantitative estimate of drug-likeness (QED) is 0.640. The number of hydrogen-bond donors (Lipinski definition) is 3. The maximum Gasteiger partial charge on any atom is 0.110 e. The molecule has 0 spiro atoms. The molecule has 0 aliphatic rings. The minimum atomic E-state index is -1.19. The number of nitrogens with zero attached hydrogens (tertiary/aromatic N) is 1. The summed E-state index contributed by atoms with van der Waals surface area (Å²) in [6.07, 6.45) is -2.32. The van der Waals surface area contributed by atoms with Crippen molar-refractivity contribution in [3.05, 3.63) is 21.9 Å². The first kappa shape index (κ1) is 10.2. The summed E-state index contributed by atoms with van der Waals surface area (Å²) < 4.78 is 0. The summed E-state index contributed by atoms with van der Waals surface area (Å²) in [5.41, 5.74) is 0.461. The van der Waals surface area contributed by atoms with Crippen molar-refractivity contribution in [3.63, 3.8) is 0 Å². The molecule has 3 N–H and O–H groups in total. The molecule has 0 fully saturated rings. The second kappa shape index (κ2) is 4.35. The van der Waals surface area contributed by atoms with Gasteiger partial charge in [-0.15, -0.1) is 11.3 Å². The van der Waals surface area contributed by atoms with Gasteiger partial charge < -0.3 is 15.3 Å². The molecule has 2 unspecified atom stereocenters. The highest BCUT2D eigenvalue weighted by atomic mass is 32.1. The average Bonchev–Trinajstić information content (AvgIpc) is 2.63. The van der Waals surface area contributed by atoms with Crippen LogP contribution in [0.1, 0.15) is 16.5 Å². The molecule has 5 heteroatoms. The lowest BCUT2D eigenvalue weighted by Crippen LogP contribution is -2.21. The first-order valence-electron chi connectivity index (χ1n) is 3.64. The van der Waals surface area contributed by atoms with Gasteiger partial charge in [0.25, 0.3) is 0 Å². The fourth-order valence-electron chi connectivity index (χ4n) is 0.887. The van der Waals surface area contributed by atoms with Crippen LogP contribution in [0.15, 0.2) is 11.4 Å². The van der Waals surface area contributed by atoms with E-state index in [1.54, 1.807) is 5.38 Å². The van der Waals surface area contributed by atoms with E-state index in [0.29, 0.717) is 10.4 Å². The number of aliphatic hydroxyl groups is 3. The predicted octanol–water partition coefficient (Wildman–Crippen LogP) is 0.00638. The van der Waals surface area contributed by atoms with Crippen LogP contribution < -0.4 is 0 Å². The molecule has 0 aliphatic carbocycles. The summed E-state index contributed by atoms with van der Waals surface area (Å²) in [5, 5.41) is 37.1. The normalized spacial score (nSPS) is 14.9. The fraction of sp³-hybridized carbons (Fsp3) is 0.375. The van der Waals surface area contributed by atoms with Crippen molar-refractivity contribution >= 4 is 11.3 Å². The number of nitriles is 1. The van der Waals surface area contributed by atoms with E-state index in [1.165, 1.54) is 17.4 Å². The summed E-state index contributed by atoms with van der Waals surface area (Å²) in [5.74, 6) is 0. The standard InChI is InChI=1S/C8H9NO3S/c9-2-6-1-5(4-13-6)8(12)7(11)3-10/h1,4,7-8,10-12H,3H2. The number of rotatable bonds is 3. The first-order valence-corrected chi connectivity index (χ1v) is 4.52. The van der Waals surface area contributed by atoms with Gasteiger partial charge in [-0.1, -0.05) is 0 Å². The summed E-state index contributed by atoms with van der Waals surface area (Å²) in [4.78, 5) is 0.471. The molecule has 70 valence electrons. The summed E-state index contributed by atoms with van der Waals surface area (Å²) in [7, 11) is 0. The van der Waals surface area contributed by atoms with Crippen LogP contribution in [-0.4, -0.2) is 28.0 Å². The summed E-state index contributed by atoms with van der Waals surface area (Å²) >= 11 is 1.19. The average molecular weight is 199 g/mol. The zero-order valence-electron chi connectivity index (χ0n) is 6.71. The van der Waals surface area contributed by atoms with Crippen molar-refractivity contribution < 1.29 is 15.3 Å². The van der Waals surface area contributed by atoms with Gasteiger partial charge in [0, 0.05) is 0 Å². The van der Waals surface area contributed by atoms with Gasteiger partial charge in [-0.2, -0.15) is 5.26 Å². The Hall–Kier alpha value is -0.930. The van der Waals surface area contributed by atoms with Gasteiger partial charge >= 0.3 is 0 Å². The van der Waals surface area contributed by atoms with Crippen LogP contribution in [0.25, 0.3) is 0 Å². The second-order valence-electron chi connectivity index (χ2n) is 2.55. The van der Waals surface area contributed by atoms with Gasteiger partial charge in [0.15, 0.2) is 0 Å². The van der Waals surface area contributed by atoms with Crippen LogP contribution in [0.2, 0.25) is 0 Å². The minimum Gasteiger partial charge on any atom is -0.394 e. The SMILES string of the molecule is N#Cc1cc(C(O)C(O)CO)cs1. The molecule has 4 nitrogen and oxygen atoms in total. The van der Waals surface area contributed by atoms with Crippen LogP contribution in [-0.2, 0) is 0 Å². The van der Waals surface area contributed by atoms with Crippen LogP contribution in [0.3, 0.4) is 0 Å². The Labute approximate surface area is 79.3 Å². The van der Waals surface area contributed by atoms with E-state index >= 15 is 0 Å². The first-order chi connectivity index (χ1) is 6.19. The Morgan fingerprint density at radius 1 is 1.54 bits per heavy atom. The third kappa shape index (κ3) is 2.26. The zero-order valence-corrected chi connectivity index (χ0v) is 7.53. The van der Waals surface area contributed by atoms with Crippen molar-refractivity contribution in [2.24, 2.45) is 0 Å². The van der Waals surface area contributed by atoms with E-state index in [2.05, 4.69) is 0 Å². The molecule has 2 atom stereocenters. The Morgan fingerprint density at radius 2 is 2.23 bits per heavy atom. The summed E-state index contributed by atoms with van der Waals surface area (Å²) in [6.45, 7) is -0.501. The van der Waals surface area contributed by atoms with E-state index in [-0.39, 0.29) is 0 Å². The number of aliphatic hydroxyl groups excluding tert-OH is 3. The Balaban J connectivity index is 2.78. The van der Waals surface area contributed by atoms with Crippen molar-refractivity contribution in [3.8, 4) is 6.07 Å².